The topological polar surface area (TPSA) is 66.8 Å². The normalized spacial score (nSPS) is 23.8. The maximum absolute atomic E-state index is 13.5. The van der Waals surface area contributed by atoms with Crippen molar-refractivity contribution in [1.29, 1.82) is 0 Å². The molecule has 1 aliphatic carbocycles. The van der Waals surface area contributed by atoms with E-state index in [1.54, 1.807) is 0 Å². The summed E-state index contributed by atoms with van der Waals surface area (Å²) in [4.78, 5) is 25.9. The lowest BCUT2D eigenvalue weighted by Crippen LogP contribution is -2.44. The highest BCUT2D eigenvalue weighted by Gasteiger charge is 2.55. The van der Waals surface area contributed by atoms with Crippen molar-refractivity contribution in [3.63, 3.8) is 0 Å². The van der Waals surface area contributed by atoms with Gasteiger partial charge in [-0.25, -0.2) is 13.6 Å². The number of carboxylic acid groups (broad SMARTS) is 1. The largest absolute Gasteiger partial charge is 0.478 e. The number of likely N-dealkylation sites (tertiary alicyclic amines) is 1. The number of piperidine rings is 1. The van der Waals surface area contributed by atoms with Gasteiger partial charge in [0.05, 0.1) is 5.56 Å². The van der Waals surface area contributed by atoms with E-state index in [1.165, 1.54) is 23.8 Å². The number of halogens is 2. The molecular formula is C26H27F2NO4. The molecule has 33 heavy (non-hydrogen) atoms. The van der Waals surface area contributed by atoms with E-state index >= 15 is 0 Å². The van der Waals surface area contributed by atoms with Crippen LogP contribution in [0, 0.1) is 5.41 Å². The predicted molar refractivity (Wildman–Crippen MR) is 118 cm³/mol. The maximum atomic E-state index is 13.5. The highest BCUT2D eigenvalue weighted by molar-refractivity contribution is 5.90. The van der Waals surface area contributed by atoms with E-state index in [0.717, 1.165) is 45.2 Å². The molecule has 5 nitrogen and oxygen atoms in total. The number of aromatic carboxylic acids is 1. The van der Waals surface area contributed by atoms with Gasteiger partial charge in [-0.1, -0.05) is 30.3 Å². The number of carbonyl (C=O) groups excluding carboxylic acids is 1. The zero-order valence-electron chi connectivity index (χ0n) is 18.3. The minimum atomic E-state index is -2.68. The predicted octanol–water partition coefficient (Wildman–Crippen LogP) is 5.26. The van der Waals surface area contributed by atoms with Crippen LogP contribution in [0.4, 0.5) is 8.78 Å². The molecule has 2 aliphatic heterocycles. The summed E-state index contributed by atoms with van der Waals surface area (Å²) in [7, 11) is 0. The second-order valence-electron chi connectivity index (χ2n) is 9.48. The molecule has 1 spiro atoms. The number of hydrogen-bond donors (Lipinski definition) is 1. The molecule has 5 rings (SSSR count). The number of amides is 1. The number of carboxylic acids is 1. The van der Waals surface area contributed by atoms with Crippen molar-refractivity contribution < 1.29 is 28.2 Å². The molecule has 1 saturated carbocycles. The number of benzene rings is 2. The molecule has 1 N–H and O–H groups in total. The SMILES string of the molecule is O=C(O)c1ccc(C(F)F)c(-c2ccc([C@H]3CC34CCN(C(=O)C3CCCO3)CC4)cc2)c1. The Hall–Kier alpha value is -2.80. The van der Waals surface area contributed by atoms with Crippen LogP contribution in [0.15, 0.2) is 42.5 Å². The van der Waals surface area contributed by atoms with Crippen molar-refractivity contribution in [1.82, 2.24) is 4.90 Å². The number of ether oxygens (including phenoxy) is 1. The van der Waals surface area contributed by atoms with Crippen molar-refractivity contribution in [2.24, 2.45) is 5.41 Å². The van der Waals surface area contributed by atoms with Crippen LogP contribution in [-0.2, 0) is 9.53 Å². The lowest BCUT2D eigenvalue weighted by Gasteiger charge is -2.34. The molecule has 0 radical (unpaired) electrons. The molecule has 2 heterocycles. The van der Waals surface area contributed by atoms with E-state index in [0.29, 0.717) is 18.1 Å². The molecule has 1 amide bonds. The highest BCUT2D eigenvalue weighted by Crippen LogP contribution is 2.65. The van der Waals surface area contributed by atoms with Crippen LogP contribution in [-0.4, -0.2) is 47.7 Å². The van der Waals surface area contributed by atoms with E-state index in [4.69, 9.17) is 4.74 Å². The van der Waals surface area contributed by atoms with Crippen molar-refractivity contribution in [2.75, 3.05) is 19.7 Å². The van der Waals surface area contributed by atoms with Crippen molar-refractivity contribution in [2.45, 2.75) is 50.6 Å². The Balaban J connectivity index is 1.28. The van der Waals surface area contributed by atoms with Gasteiger partial charge in [0.15, 0.2) is 0 Å². The number of nitrogens with zero attached hydrogens (tertiary/aromatic N) is 1. The van der Waals surface area contributed by atoms with Crippen LogP contribution < -0.4 is 0 Å². The Morgan fingerprint density at radius 1 is 1.09 bits per heavy atom. The van der Waals surface area contributed by atoms with Crippen LogP contribution in [0.5, 0.6) is 0 Å². The second-order valence-corrected chi connectivity index (χ2v) is 9.48. The first kappa shape index (κ1) is 22.0. The first-order valence-electron chi connectivity index (χ1n) is 11.5. The van der Waals surface area contributed by atoms with Gasteiger partial charge >= 0.3 is 5.97 Å². The molecule has 2 aromatic rings. The van der Waals surface area contributed by atoms with Gasteiger partial charge in [0.25, 0.3) is 12.3 Å². The van der Waals surface area contributed by atoms with Crippen LogP contribution in [0.25, 0.3) is 11.1 Å². The van der Waals surface area contributed by atoms with Gasteiger partial charge < -0.3 is 14.7 Å². The van der Waals surface area contributed by atoms with Gasteiger partial charge in [0.2, 0.25) is 0 Å². The Labute approximate surface area is 191 Å². The maximum Gasteiger partial charge on any atom is 0.335 e. The monoisotopic (exact) mass is 455 g/mol. The van der Waals surface area contributed by atoms with Gasteiger partial charge in [-0.05, 0) is 72.3 Å². The summed E-state index contributed by atoms with van der Waals surface area (Å²) >= 11 is 0. The summed E-state index contributed by atoms with van der Waals surface area (Å²) in [5, 5.41) is 9.25. The van der Waals surface area contributed by atoms with Crippen LogP contribution >= 0.6 is 0 Å². The van der Waals surface area contributed by atoms with Crippen LogP contribution in [0.3, 0.4) is 0 Å². The second kappa shape index (κ2) is 8.52. The molecule has 1 unspecified atom stereocenters. The summed E-state index contributed by atoms with van der Waals surface area (Å²) in [6.45, 7) is 2.19. The molecule has 3 aliphatic rings. The van der Waals surface area contributed by atoms with Crippen LogP contribution in [0.2, 0.25) is 0 Å². The van der Waals surface area contributed by atoms with Crippen molar-refractivity contribution in [3.8, 4) is 11.1 Å². The van der Waals surface area contributed by atoms with Crippen LogP contribution in [0.1, 0.15) is 65.9 Å². The quantitative estimate of drug-likeness (QED) is 0.668. The zero-order valence-corrected chi connectivity index (χ0v) is 18.3. The number of carbonyl (C=O) groups is 2. The Kier molecular flexibility index (Phi) is 5.69. The summed E-state index contributed by atoms with van der Waals surface area (Å²) in [6, 6.07) is 11.3. The summed E-state index contributed by atoms with van der Waals surface area (Å²) in [6.07, 6.45) is 1.83. The standard InChI is InChI=1S/C26H27F2NO4/c27-23(28)19-8-7-18(25(31)32)14-20(19)16-3-5-17(6-4-16)21-15-26(21)9-11-29(12-10-26)24(30)22-2-1-13-33-22/h3-8,14,21-23H,1-2,9-13,15H2,(H,31,32)/t21-,22?/m1/s1. The average molecular weight is 456 g/mol. The van der Waals surface area contributed by atoms with Gasteiger partial charge in [0, 0.05) is 25.3 Å². The third-order valence-corrected chi connectivity index (χ3v) is 7.63. The minimum absolute atomic E-state index is 0.0102. The van der Waals surface area contributed by atoms with Gasteiger partial charge in [-0.15, -0.1) is 0 Å². The smallest absolute Gasteiger partial charge is 0.335 e. The molecule has 0 aromatic heterocycles. The fourth-order valence-electron chi connectivity index (χ4n) is 5.54. The van der Waals surface area contributed by atoms with Gasteiger partial charge in [-0.2, -0.15) is 0 Å². The average Bonchev–Trinajstić information content (AvgIpc) is 3.24. The number of alkyl halides is 2. The van der Waals surface area contributed by atoms with Crippen molar-refractivity contribution in [3.05, 3.63) is 59.2 Å². The Morgan fingerprint density at radius 2 is 1.82 bits per heavy atom. The highest BCUT2D eigenvalue weighted by atomic mass is 19.3. The Morgan fingerprint density at radius 3 is 2.42 bits per heavy atom. The first-order valence-corrected chi connectivity index (χ1v) is 11.5. The lowest BCUT2D eigenvalue weighted by atomic mass is 9.88. The molecule has 2 saturated heterocycles. The summed E-state index contributed by atoms with van der Waals surface area (Å²) in [5.41, 5.74) is 2.05. The third-order valence-electron chi connectivity index (χ3n) is 7.63. The van der Waals surface area contributed by atoms with E-state index in [2.05, 4.69) is 0 Å². The lowest BCUT2D eigenvalue weighted by molar-refractivity contribution is -0.142. The number of hydrogen-bond acceptors (Lipinski definition) is 3. The molecule has 2 aromatic carbocycles. The fourth-order valence-corrected chi connectivity index (χ4v) is 5.54. The minimum Gasteiger partial charge on any atom is -0.478 e. The number of rotatable bonds is 5. The molecule has 174 valence electrons. The first-order chi connectivity index (χ1) is 15.9. The molecular weight excluding hydrogens is 428 g/mol. The van der Waals surface area contributed by atoms with E-state index < -0.39 is 12.4 Å². The summed E-state index contributed by atoms with van der Waals surface area (Å²) < 4.78 is 32.6. The Bertz CT molecular complexity index is 1050. The van der Waals surface area contributed by atoms with E-state index in [9.17, 15) is 23.5 Å². The van der Waals surface area contributed by atoms with Gasteiger partial charge in [-0.3, -0.25) is 4.79 Å². The molecule has 2 atom stereocenters. The molecule has 3 fully saturated rings. The van der Waals surface area contributed by atoms with E-state index in [1.807, 2.05) is 29.2 Å². The third kappa shape index (κ3) is 4.14. The summed E-state index contributed by atoms with van der Waals surface area (Å²) in [5.74, 6) is -0.605. The van der Waals surface area contributed by atoms with E-state index in [-0.39, 0.29) is 34.1 Å². The van der Waals surface area contributed by atoms with Crippen molar-refractivity contribution >= 4 is 11.9 Å². The molecule has 7 heteroatoms. The molecule has 0 bridgehead atoms. The fraction of sp³-hybridized carbons (Fsp3) is 0.462. The zero-order chi connectivity index (χ0) is 23.2. The van der Waals surface area contributed by atoms with Gasteiger partial charge in [0.1, 0.15) is 6.10 Å².